The highest BCUT2D eigenvalue weighted by Gasteiger charge is 2.33. The van der Waals surface area contributed by atoms with Gasteiger partial charge in [-0.3, -0.25) is 4.79 Å². The van der Waals surface area contributed by atoms with Crippen molar-refractivity contribution in [2.45, 2.75) is 18.4 Å². The zero-order valence-corrected chi connectivity index (χ0v) is 12.9. The molecule has 0 spiro atoms. The fourth-order valence-corrected chi connectivity index (χ4v) is 3.16. The maximum atomic E-state index is 12.5. The summed E-state index contributed by atoms with van der Waals surface area (Å²) in [5.41, 5.74) is 5.20. The highest BCUT2D eigenvalue weighted by atomic mass is 32.1. The average Bonchev–Trinajstić information content (AvgIpc) is 2.92. The standard InChI is InChI=1S/C15H20N2O3S/c1-17(11-15(19)5-8-20-9-6-15)14(18)13-12(3-2-7-16)4-10-21-13/h4,10,19H,5-9,11,16H2,1H3. The lowest BCUT2D eigenvalue weighted by Gasteiger charge is -2.35. The van der Waals surface area contributed by atoms with Crippen LogP contribution in [0, 0.1) is 11.8 Å². The van der Waals surface area contributed by atoms with Crippen LogP contribution in [0.4, 0.5) is 0 Å². The van der Waals surface area contributed by atoms with Crippen LogP contribution in [0.3, 0.4) is 0 Å². The van der Waals surface area contributed by atoms with Crippen LogP contribution in [0.15, 0.2) is 11.4 Å². The van der Waals surface area contributed by atoms with Crippen molar-refractivity contribution >= 4 is 17.2 Å². The normalized spacial score (nSPS) is 16.9. The zero-order valence-electron chi connectivity index (χ0n) is 12.1. The molecule has 0 unspecified atom stereocenters. The molecule has 1 aliphatic rings. The summed E-state index contributed by atoms with van der Waals surface area (Å²) in [4.78, 5) is 14.7. The van der Waals surface area contributed by atoms with Crippen LogP contribution in [-0.4, -0.2) is 54.9 Å². The number of carbonyl (C=O) groups is 1. The Morgan fingerprint density at radius 2 is 2.29 bits per heavy atom. The summed E-state index contributed by atoms with van der Waals surface area (Å²) in [6.45, 7) is 1.63. The number of nitrogens with zero attached hydrogens (tertiary/aromatic N) is 1. The fourth-order valence-electron chi connectivity index (χ4n) is 2.32. The molecule has 0 saturated carbocycles. The number of hydrogen-bond donors (Lipinski definition) is 2. The van der Waals surface area contributed by atoms with E-state index >= 15 is 0 Å². The van der Waals surface area contributed by atoms with Gasteiger partial charge in [-0.1, -0.05) is 11.8 Å². The number of likely N-dealkylation sites (N-methyl/N-ethyl adjacent to an activating group) is 1. The van der Waals surface area contributed by atoms with E-state index in [2.05, 4.69) is 11.8 Å². The van der Waals surface area contributed by atoms with E-state index in [0.29, 0.717) is 43.0 Å². The second-order valence-corrected chi connectivity index (χ2v) is 6.08. The Balaban J connectivity index is 2.07. The molecule has 0 atom stereocenters. The summed E-state index contributed by atoms with van der Waals surface area (Å²) in [6.07, 6.45) is 1.10. The number of ether oxygens (including phenoxy) is 1. The summed E-state index contributed by atoms with van der Waals surface area (Å²) >= 11 is 1.36. The molecule has 1 amide bonds. The van der Waals surface area contributed by atoms with Crippen molar-refractivity contribution in [1.82, 2.24) is 4.90 Å². The van der Waals surface area contributed by atoms with Crippen LogP contribution >= 0.6 is 11.3 Å². The van der Waals surface area contributed by atoms with Gasteiger partial charge in [-0.2, -0.15) is 0 Å². The number of rotatable bonds is 3. The van der Waals surface area contributed by atoms with Crippen molar-refractivity contribution in [3.05, 3.63) is 21.9 Å². The summed E-state index contributed by atoms with van der Waals surface area (Å²) in [6, 6.07) is 1.82. The maximum absolute atomic E-state index is 12.5. The summed E-state index contributed by atoms with van der Waals surface area (Å²) in [7, 11) is 1.70. The van der Waals surface area contributed by atoms with Gasteiger partial charge in [-0.25, -0.2) is 0 Å². The third-order valence-electron chi connectivity index (χ3n) is 3.49. The molecule has 6 heteroatoms. The molecule has 0 bridgehead atoms. The largest absolute Gasteiger partial charge is 0.388 e. The van der Waals surface area contributed by atoms with Crippen LogP contribution < -0.4 is 5.73 Å². The number of aliphatic hydroxyl groups is 1. The lowest BCUT2D eigenvalue weighted by atomic mass is 9.94. The molecular formula is C15H20N2O3S. The van der Waals surface area contributed by atoms with E-state index in [4.69, 9.17) is 10.5 Å². The van der Waals surface area contributed by atoms with Gasteiger partial charge >= 0.3 is 0 Å². The van der Waals surface area contributed by atoms with Crippen molar-refractivity contribution in [1.29, 1.82) is 0 Å². The van der Waals surface area contributed by atoms with E-state index in [0.717, 1.165) is 0 Å². The minimum absolute atomic E-state index is 0.119. The third kappa shape index (κ3) is 4.05. The Labute approximate surface area is 128 Å². The van der Waals surface area contributed by atoms with Gasteiger partial charge in [0.1, 0.15) is 4.88 Å². The highest BCUT2D eigenvalue weighted by molar-refractivity contribution is 7.12. The molecular weight excluding hydrogens is 288 g/mol. The molecule has 1 aromatic heterocycles. The highest BCUT2D eigenvalue weighted by Crippen LogP contribution is 2.23. The van der Waals surface area contributed by atoms with Gasteiger partial charge in [0.25, 0.3) is 5.91 Å². The first kappa shape index (κ1) is 16.0. The Morgan fingerprint density at radius 1 is 1.57 bits per heavy atom. The Kier molecular flexibility index (Phi) is 5.37. The van der Waals surface area contributed by atoms with Gasteiger partial charge in [-0.05, 0) is 11.4 Å². The fraction of sp³-hybridized carbons (Fsp3) is 0.533. The van der Waals surface area contributed by atoms with Crippen molar-refractivity contribution in [3.63, 3.8) is 0 Å². The van der Waals surface area contributed by atoms with Gasteiger partial charge in [0, 0.05) is 45.2 Å². The first-order chi connectivity index (χ1) is 10.1. The molecule has 1 aliphatic heterocycles. The summed E-state index contributed by atoms with van der Waals surface area (Å²) in [5, 5.41) is 12.3. The number of thiophene rings is 1. The molecule has 0 aromatic carbocycles. The monoisotopic (exact) mass is 308 g/mol. The summed E-state index contributed by atoms with van der Waals surface area (Å²) in [5.74, 6) is 5.55. The van der Waals surface area contributed by atoms with E-state index in [1.165, 1.54) is 11.3 Å². The van der Waals surface area contributed by atoms with Crippen LogP contribution in [-0.2, 0) is 4.74 Å². The molecule has 0 aliphatic carbocycles. The molecule has 2 heterocycles. The molecule has 0 radical (unpaired) electrons. The zero-order chi connectivity index (χ0) is 15.3. The molecule has 114 valence electrons. The first-order valence-corrected chi connectivity index (χ1v) is 7.76. The van der Waals surface area contributed by atoms with E-state index in [9.17, 15) is 9.90 Å². The predicted molar refractivity (Wildman–Crippen MR) is 82.2 cm³/mol. The van der Waals surface area contributed by atoms with Crippen molar-refractivity contribution in [2.24, 2.45) is 5.73 Å². The smallest absolute Gasteiger partial charge is 0.265 e. The number of carbonyl (C=O) groups excluding carboxylic acids is 1. The second kappa shape index (κ2) is 7.05. The second-order valence-electron chi connectivity index (χ2n) is 5.17. The van der Waals surface area contributed by atoms with Crippen LogP contribution in [0.1, 0.15) is 28.1 Å². The van der Waals surface area contributed by atoms with E-state index in [1.807, 2.05) is 11.4 Å². The minimum atomic E-state index is -0.858. The maximum Gasteiger partial charge on any atom is 0.265 e. The van der Waals surface area contributed by atoms with Crippen molar-refractivity contribution < 1.29 is 14.6 Å². The topological polar surface area (TPSA) is 75.8 Å². The van der Waals surface area contributed by atoms with E-state index < -0.39 is 5.60 Å². The Bertz CT molecular complexity index is 553. The van der Waals surface area contributed by atoms with Gasteiger partial charge in [0.05, 0.1) is 12.1 Å². The molecule has 1 aromatic rings. The van der Waals surface area contributed by atoms with Gasteiger partial charge in [0.2, 0.25) is 0 Å². The Hall–Kier alpha value is -1.39. The molecule has 1 fully saturated rings. The van der Waals surface area contributed by atoms with E-state index in [1.54, 1.807) is 11.9 Å². The SMILES string of the molecule is CN(CC1(O)CCOCC1)C(=O)c1sccc1C#CCN. The lowest BCUT2D eigenvalue weighted by molar-refractivity contribution is -0.0733. The van der Waals surface area contributed by atoms with Gasteiger partial charge < -0.3 is 20.5 Å². The van der Waals surface area contributed by atoms with Crippen LogP contribution in [0.25, 0.3) is 0 Å². The number of nitrogens with two attached hydrogens (primary N) is 1. The van der Waals surface area contributed by atoms with Crippen LogP contribution in [0.2, 0.25) is 0 Å². The van der Waals surface area contributed by atoms with Crippen molar-refractivity contribution in [2.75, 3.05) is 33.4 Å². The number of amides is 1. The van der Waals surface area contributed by atoms with E-state index in [-0.39, 0.29) is 12.5 Å². The minimum Gasteiger partial charge on any atom is -0.388 e. The lowest BCUT2D eigenvalue weighted by Crippen LogP contribution is -2.47. The van der Waals surface area contributed by atoms with Crippen molar-refractivity contribution in [3.8, 4) is 11.8 Å². The van der Waals surface area contributed by atoms with Gasteiger partial charge in [0.15, 0.2) is 0 Å². The third-order valence-corrected chi connectivity index (χ3v) is 4.39. The Morgan fingerprint density at radius 3 is 2.95 bits per heavy atom. The predicted octanol–water partition coefficient (Wildman–Crippen LogP) is 0.672. The first-order valence-electron chi connectivity index (χ1n) is 6.88. The van der Waals surface area contributed by atoms with Crippen LogP contribution in [0.5, 0.6) is 0 Å². The molecule has 3 N–H and O–H groups in total. The molecule has 21 heavy (non-hydrogen) atoms. The average molecular weight is 308 g/mol. The molecule has 2 rings (SSSR count). The molecule has 1 saturated heterocycles. The number of hydrogen-bond acceptors (Lipinski definition) is 5. The summed E-state index contributed by atoms with van der Waals surface area (Å²) < 4.78 is 5.25. The van der Waals surface area contributed by atoms with Gasteiger partial charge in [-0.15, -0.1) is 11.3 Å². The molecule has 5 nitrogen and oxygen atoms in total. The quantitative estimate of drug-likeness (QED) is 0.805.